The fourth-order valence-corrected chi connectivity index (χ4v) is 2.75. The van der Waals surface area contributed by atoms with E-state index in [1.807, 2.05) is 43.4 Å². The van der Waals surface area contributed by atoms with Gasteiger partial charge in [0.05, 0.1) is 21.3 Å². The summed E-state index contributed by atoms with van der Waals surface area (Å²) in [6, 6.07) is 14.0. The molecule has 28 heavy (non-hydrogen) atoms. The predicted molar refractivity (Wildman–Crippen MR) is 124 cm³/mol. The molecule has 0 aliphatic carbocycles. The Morgan fingerprint density at radius 1 is 0.929 bits per heavy atom. The van der Waals surface area contributed by atoms with Gasteiger partial charge in [-0.1, -0.05) is 18.2 Å². The van der Waals surface area contributed by atoms with Crippen molar-refractivity contribution >= 4 is 29.9 Å². The molecule has 0 radical (unpaired) electrons. The molecule has 2 rings (SSSR count). The van der Waals surface area contributed by atoms with Crippen LogP contribution in [0.1, 0.15) is 11.1 Å². The van der Waals surface area contributed by atoms with Crippen LogP contribution in [0.2, 0.25) is 0 Å². The van der Waals surface area contributed by atoms with Crippen LogP contribution in [0.4, 0.5) is 0 Å². The van der Waals surface area contributed by atoms with Gasteiger partial charge >= 0.3 is 0 Å². The molecule has 0 saturated carbocycles. The summed E-state index contributed by atoms with van der Waals surface area (Å²) in [4.78, 5) is 6.48. The number of hydrogen-bond acceptors (Lipinski definition) is 4. The lowest BCUT2D eigenvalue weighted by Crippen LogP contribution is -2.39. The fourth-order valence-electron chi connectivity index (χ4n) is 2.75. The van der Waals surface area contributed by atoms with Crippen molar-refractivity contribution in [1.82, 2.24) is 10.2 Å². The number of nitrogens with one attached hydrogen (secondary N) is 1. The van der Waals surface area contributed by atoms with E-state index >= 15 is 0 Å². The Balaban J connectivity index is 0.00000392. The molecule has 0 heterocycles. The number of likely N-dealkylation sites (N-methyl/N-ethyl adjacent to an activating group) is 1. The molecule has 0 bridgehead atoms. The molecule has 2 aromatic rings. The standard InChI is InChI=1S/C21H29N3O3.HI/c1-22-21(23-15-17-6-9-18(25-3)10-7-17)24(2)13-12-16-8-11-19(26-4)20(14-16)27-5;/h6-11,14H,12-13,15H2,1-5H3,(H,22,23);1H. The summed E-state index contributed by atoms with van der Waals surface area (Å²) in [5.41, 5.74) is 2.36. The highest BCUT2D eigenvalue weighted by Gasteiger charge is 2.08. The van der Waals surface area contributed by atoms with E-state index in [0.29, 0.717) is 6.54 Å². The molecule has 0 aliphatic heterocycles. The van der Waals surface area contributed by atoms with Gasteiger partial charge < -0.3 is 24.4 Å². The summed E-state index contributed by atoms with van der Waals surface area (Å²) in [5, 5.41) is 3.39. The van der Waals surface area contributed by atoms with Gasteiger partial charge in [-0.25, -0.2) is 0 Å². The summed E-state index contributed by atoms with van der Waals surface area (Å²) in [7, 11) is 8.79. The van der Waals surface area contributed by atoms with Gasteiger partial charge in [0.15, 0.2) is 17.5 Å². The molecule has 0 spiro atoms. The smallest absolute Gasteiger partial charge is 0.193 e. The summed E-state index contributed by atoms with van der Waals surface area (Å²) in [6.07, 6.45) is 0.875. The Hall–Kier alpha value is -2.16. The normalized spacial score (nSPS) is 10.7. The fraction of sp³-hybridized carbons (Fsp3) is 0.381. The second kappa shape index (κ2) is 12.3. The number of benzene rings is 2. The molecule has 0 amide bonds. The van der Waals surface area contributed by atoms with Gasteiger partial charge in [0.2, 0.25) is 0 Å². The average Bonchev–Trinajstić information content (AvgIpc) is 2.72. The molecular formula is C21H30IN3O3. The summed E-state index contributed by atoms with van der Waals surface area (Å²) < 4.78 is 15.9. The van der Waals surface area contributed by atoms with Gasteiger partial charge in [-0.15, -0.1) is 24.0 Å². The van der Waals surface area contributed by atoms with Crippen LogP contribution < -0.4 is 19.5 Å². The van der Waals surface area contributed by atoms with Crippen LogP contribution in [0, 0.1) is 0 Å². The van der Waals surface area contributed by atoms with Crippen molar-refractivity contribution in [2.75, 3.05) is 42.0 Å². The van der Waals surface area contributed by atoms with Crippen molar-refractivity contribution < 1.29 is 14.2 Å². The number of ether oxygens (including phenoxy) is 3. The number of nitrogens with zero attached hydrogens (tertiary/aromatic N) is 2. The molecule has 0 aliphatic rings. The number of rotatable bonds is 8. The molecular weight excluding hydrogens is 469 g/mol. The third-order valence-electron chi connectivity index (χ3n) is 4.37. The molecule has 0 unspecified atom stereocenters. The van der Waals surface area contributed by atoms with Crippen LogP contribution in [0.5, 0.6) is 17.2 Å². The minimum atomic E-state index is 0. The topological polar surface area (TPSA) is 55.3 Å². The van der Waals surface area contributed by atoms with Crippen molar-refractivity contribution in [2.24, 2.45) is 4.99 Å². The Labute approximate surface area is 184 Å². The van der Waals surface area contributed by atoms with Crippen LogP contribution >= 0.6 is 24.0 Å². The first-order valence-electron chi connectivity index (χ1n) is 8.87. The minimum absolute atomic E-state index is 0. The number of aliphatic imine (C=N–C) groups is 1. The molecule has 0 saturated heterocycles. The second-order valence-corrected chi connectivity index (χ2v) is 6.11. The SMILES string of the molecule is CN=C(NCc1ccc(OC)cc1)N(C)CCc1ccc(OC)c(OC)c1.I. The van der Waals surface area contributed by atoms with E-state index in [0.717, 1.165) is 36.2 Å². The Morgan fingerprint density at radius 3 is 2.14 bits per heavy atom. The zero-order valence-corrected chi connectivity index (χ0v) is 19.5. The van der Waals surface area contributed by atoms with Crippen LogP contribution in [0.25, 0.3) is 0 Å². The van der Waals surface area contributed by atoms with Gasteiger partial charge in [0.1, 0.15) is 5.75 Å². The highest BCUT2D eigenvalue weighted by molar-refractivity contribution is 14.0. The lowest BCUT2D eigenvalue weighted by Gasteiger charge is -2.22. The van der Waals surface area contributed by atoms with Crippen LogP contribution in [0.3, 0.4) is 0 Å². The van der Waals surface area contributed by atoms with Gasteiger partial charge in [0, 0.05) is 27.2 Å². The van der Waals surface area contributed by atoms with E-state index in [1.165, 1.54) is 11.1 Å². The molecule has 154 valence electrons. The van der Waals surface area contributed by atoms with Crippen LogP contribution in [0.15, 0.2) is 47.5 Å². The van der Waals surface area contributed by atoms with Crippen molar-refractivity contribution in [3.05, 3.63) is 53.6 Å². The van der Waals surface area contributed by atoms with Crippen molar-refractivity contribution in [1.29, 1.82) is 0 Å². The first kappa shape index (κ1) is 23.9. The number of halogens is 1. The first-order chi connectivity index (χ1) is 13.1. The molecule has 6 nitrogen and oxygen atoms in total. The molecule has 0 aromatic heterocycles. The monoisotopic (exact) mass is 499 g/mol. The highest BCUT2D eigenvalue weighted by Crippen LogP contribution is 2.27. The van der Waals surface area contributed by atoms with Gasteiger partial charge in [-0.05, 0) is 41.8 Å². The summed E-state index contributed by atoms with van der Waals surface area (Å²) in [5.74, 6) is 3.20. The first-order valence-corrected chi connectivity index (χ1v) is 8.87. The quantitative estimate of drug-likeness (QED) is 0.342. The maximum Gasteiger partial charge on any atom is 0.193 e. The van der Waals surface area contributed by atoms with Crippen molar-refractivity contribution in [3.63, 3.8) is 0 Å². The third-order valence-corrected chi connectivity index (χ3v) is 4.37. The van der Waals surface area contributed by atoms with E-state index in [-0.39, 0.29) is 24.0 Å². The Kier molecular flexibility index (Phi) is 10.5. The lowest BCUT2D eigenvalue weighted by atomic mass is 10.1. The number of guanidine groups is 1. The van der Waals surface area contributed by atoms with Crippen LogP contribution in [-0.4, -0.2) is 52.8 Å². The molecule has 0 fully saturated rings. The van der Waals surface area contributed by atoms with E-state index < -0.39 is 0 Å². The largest absolute Gasteiger partial charge is 0.497 e. The molecule has 7 heteroatoms. The summed E-state index contributed by atoms with van der Waals surface area (Å²) in [6.45, 7) is 1.54. The lowest BCUT2D eigenvalue weighted by molar-refractivity contribution is 0.354. The molecule has 2 aromatic carbocycles. The van der Waals surface area contributed by atoms with Gasteiger partial charge in [-0.2, -0.15) is 0 Å². The highest BCUT2D eigenvalue weighted by atomic mass is 127. The number of hydrogen-bond donors (Lipinski definition) is 1. The van der Waals surface area contributed by atoms with Gasteiger partial charge in [-0.3, -0.25) is 4.99 Å². The summed E-state index contributed by atoms with van der Waals surface area (Å²) >= 11 is 0. The minimum Gasteiger partial charge on any atom is -0.497 e. The van der Waals surface area contributed by atoms with E-state index in [2.05, 4.69) is 21.3 Å². The van der Waals surface area contributed by atoms with E-state index in [4.69, 9.17) is 14.2 Å². The predicted octanol–water partition coefficient (Wildman–Crippen LogP) is 3.58. The Bertz CT molecular complexity index is 751. The van der Waals surface area contributed by atoms with E-state index in [9.17, 15) is 0 Å². The third kappa shape index (κ3) is 6.78. The maximum absolute atomic E-state index is 5.37. The molecule has 1 N–H and O–H groups in total. The molecule has 0 atom stereocenters. The maximum atomic E-state index is 5.37. The second-order valence-electron chi connectivity index (χ2n) is 6.11. The zero-order valence-electron chi connectivity index (χ0n) is 17.2. The van der Waals surface area contributed by atoms with Crippen molar-refractivity contribution in [3.8, 4) is 17.2 Å². The van der Waals surface area contributed by atoms with E-state index in [1.54, 1.807) is 28.4 Å². The van der Waals surface area contributed by atoms with Crippen molar-refractivity contribution in [2.45, 2.75) is 13.0 Å². The number of methoxy groups -OCH3 is 3. The Morgan fingerprint density at radius 2 is 1.57 bits per heavy atom. The van der Waals surface area contributed by atoms with Crippen LogP contribution in [-0.2, 0) is 13.0 Å². The zero-order chi connectivity index (χ0) is 19.6. The van der Waals surface area contributed by atoms with Gasteiger partial charge in [0.25, 0.3) is 0 Å². The average molecular weight is 499 g/mol.